The van der Waals surface area contributed by atoms with Crippen molar-refractivity contribution in [3.8, 4) is 5.75 Å². The van der Waals surface area contributed by atoms with Crippen molar-refractivity contribution in [2.24, 2.45) is 11.8 Å². The van der Waals surface area contributed by atoms with Crippen molar-refractivity contribution < 1.29 is 23.5 Å². The first-order valence-corrected chi connectivity index (χ1v) is 8.25. The van der Waals surface area contributed by atoms with Crippen LogP contribution in [0.3, 0.4) is 0 Å². The van der Waals surface area contributed by atoms with E-state index in [9.17, 15) is 14.0 Å². The molecular formula is C17H18ClFO4. The molecule has 3 rings (SSSR count). The molecule has 1 aliphatic carbocycles. The van der Waals surface area contributed by atoms with E-state index in [1.807, 2.05) is 0 Å². The number of alkyl halides is 1. The van der Waals surface area contributed by atoms with E-state index in [-0.39, 0.29) is 41.2 Å². The summed E-state index contributed by atoms with van der Waals surface area (Å²) in [5.74, 6) is -1.60. The highest BCUT2D eigenvalue weighted by molar-refractivity contribution is 6.21. The van der Waals surface area contributed by atoms with Crippen LogP contribution in [-0.4, -0.2) is 30.3 Å². The van der Waals surface area contributed by atoms with Crippen molar-refractivity contribution in [1.82, 2.24) is 0 Å². The maximum Gasteiger partial charge on any atom is 0.341 e. The highest BCUT2D eigenvalue weighted by atomic mass is 35.5. The van der Waals surface area contributed by atoms with Crippen LogP contribution in [0.4, 0.5) is 4.39 Å². The number of halogens is 2. The van der Waals surface area contributed by atoms with Gasteiger partial charge >= 0.3 is 5.97 Å². The molecule has 0 bridgehead atoms. The third kappa shape index (κ3) is 2.82. The Morgan fingerprint density at radius 2 is 2.30 bits per heavy atom. The van der Waals surface area contributed by atoms with Crippen LogP contribution >= 0.6 is 11.6 Å². The van der Waals surface area contributed by atoms with Crippen molar-refractivity contribution in [1.29, 1.82) is 0 Å². The van der Waals surface area contributed by atoms with Crippen molar-refractivity contribution in [2.75, 3.05) is 6.61 Å². The number of fused-ring (bicyclic) bond motifs is 2. The van der Waals surface area contributed by atoms with E-state index < -0.39 is 11.8 Å². The number of aldehydes is 1. The topological polar surface area (TPSA) is 52.6 Å². The maximum atomic E-state index is 14.7. The lowest BCUT2D eigenvalue weighted by Gasteiger charge is -2.20. The predicted octanol–water partition coefficient (Wildman–Crippen LogP) is 3.14. The van der Waals surface area contributed by atoms with E-state index in [1.54, 1.807) is 13.0 Å². The minimum absolute atomic E-state index is 0.0205. The molecule has 0 saturated heterocycles. The van der Waals surface area contributed by atoms with Gasteiger partial charge in [0.2, 0.25) is 0 Å². The fraction of sp³-hybridized carbons (Fsp3) is 0.529. The second-order valence-electron chi connectivity index (χ2n) is 5.96. The minimum Gasteiger partial charge on any atom is -0.487 e. The molecule has 0 amide bonds. The summed E-state index contributed by atoms with van der Waals surface area (Å²) in [6.45, 7) is 1.84. The van der Waals surface area contributed by atoms with Gasteiger partial charge in [0, 0.05) is 23.6 Å². The highest BCUT2D eigenvalue weighted by Gasteiger charge is 2.45. The Morgan fingerprint density at radius 3 is 3.00 bits per heavy atom. The number of aryl methyl sites for hydroxylation is 1. The summed E-state index contributed by atoms with van der Waals surface area (Å²) in [6.07, 6.45) is 2.37. The minimum atomic E-state index is -0.704. The zero-order valence-corrected chi connectivity index (χ0v) is 13.5. The van der Waals surface area contributed by atoms with Crippen LogP contribution in [0.1, 0.15) is 35.7 Å². The molecule has 0 spiro atoms. The average molecular weight is 341 g/mol. The van der Waals surface area contributed by atoms with Crippen LogP contribution in [0, 0.1) is 17.7 Å². The Balaban J connectivity index is 1.93. The fourth-order valence-electron chi connectivity index (χ4n) is 3.53. The number of carbonyl (C=O) groups is 2. The number of benzene rings is 1. The summed E-state index contributed by atoms with van der Waals surface area (Å²) < 4.78 is 25.4. The molecule has 1 saturated carbocycles. The second-order valence-corrected chi connectivity index (χ2v) is 6.52. The predicted molar refractivity (Wildman–Crippen MR) is 82.4 cm³/mol. The van der Waals surface area contributed by atoms with E-state index in [2.05, 4.69) is 0 Å². The summed E-state index contributed by atoms with van der Waals surface area (Å²) in [7, 11) is 0. The number of rotatable bonds is 3. The highest BCUT2D eigenvalue weighted by Crippen LogP contribution is 2.44. The van der Waals surface area contributed by atoms with Crippen LogP contribution in [0.25, 0.3) is 0 Å². The van der Waals surface area contributed by atoms with E-state index in [1.165, 1.54) is 6.07 Å². The van der Waals surface area contributed by atoms with Gasteiger partial charge in [-0.3, -0.25) is 0 Å². The standard InChI is InChI=1S/C17H18ClFO4/c1-2-22-17(21)11-6-4-9-3-5-10-12(8-20)13(18)7-14(10)23-16(9)15(11)19/h4,6,8,10,12-14H,2-3,5,7H2,1H3/t10-,12-,13-,14+/m1/s1. The van der Waals surface area contributed by atoms with Crippen molar-refractivity contribution in [2.45, 2.75) is 37.7 Å². The molecule has 4 atom stereocenters. The lowest BCUT2D eigenvalue weighted by Crippen LogP contribution is -2.25. The van der Waals surface area contributed by atoms with Gasteiger partial charge in [0.15, 0.2) is 11.6 Å². The third-order valence-electron chi connectivity index (χ3n) is 4.69. The van der Waals surface area contributed by atoms with Crippen LogP contribution < -0.4 is 4.74 Å². The lowest BCUT2D eigenvalue weighted by molar-refractivity contribution is -0.112. The maximum absolute atomic E-state index is 14.7. The molecule has 1 heterocycles. The summed E-state index contributed by atoms with van der Waals surface area (Å²) in [5, 5.41) is -0.291. The van der Waals surface area contributed by atoms with Gasteiger partial charge in [0.05, 0.1) is 12.2 Å². The monoisotopic (exact) mass is 340 g/mol. The number of esters is 1. The molecule has 2 aliphatic rings. The Hall–Kier alpha value is -1.62. The molecule has 4 nitrogen and oxygen atoms in total. The molecular weight excluding hydrogens is 323 g/mol. The van der Waals surface area contributed by atoms with E-state index in [0.29, 0.717) is 24.8 Å². The molecule has 6 heteroatoms. The summed E-state index contributed by atoms with van der Waals surface area (Å²) in [5.41, 5.74) is 0.581. The van der Waals surface area contributed by atoms with Crippen LogP contribution in [0.15, 0.2) is 12.1 Å². The van der Waals surface area contributed by atoms with Gasteiger partial charge in [-0.2, -0.15) is 0 Å². The number of carbonyl (C=O) groups excluding carboxylic acids is 2. The molecule has 0 aromatic heterocycles. The van der Waals surface area contributed by atoms with Gasteiger partial charge < -0.3 is 14.3 Å². The molecule has 1 aromatic carbocycles. The summed E-state index contributed by atoms with van der Waals surface area (Å²) >= 11 is 6.22. The molecule has 0 radical (unpaired) electrons. The Bertz CT molecular complexity index is 633. The number of hydrogen-bond acceptors (Lipinski definition) is 4. The molecule has 23 heavy (non-hydrogen) atoms. The Morgan fingerprint density at radius 1 is 1.52 bits per heavy atom. The molecule has 124 valence electrons. The van der Waals surface area contributed by atoms with E-state index >= 15 is 0 Å². The van der Waals surface area contributed by atoms with Gasteiger partial charge in [-0.1, -0.05) is 6.07 Å². The molecule has 1 aromatic rings. The van der Waals surface area contributed by atoms with Gasteiger partial charge in [0.25, 0.3) is 0 Å². The second kappa shape index (κ2) is 6.48. The van der Waals surface area contributed by atoms with E-state index in [4.69, 9.17) is 21.1 Å². The van der Waals surface area contributed by atoms with Crippen LogP contribution in [0.5, 0.6) is 5.75 Å². The first-order valence-electron chi connectivity index (χ1n) is 7.81. The van der Waals surface area contributed by atoms with Gasteiger partial charge in [-0.15, -0.1) is 11.6 Å². The normalized spacial score (nSPS) is 29.0. The number of ether oxygens (including phenoxy) is 2. The number of hydrogen-bond donors (Lipinski definition) is 0. The molecule has 1 fully saturated rings. The van der Waals surface area contributed by atoms with Crippen molar-refractivity contribution in [3.63, 3.8) is 0 Å². The average Bonchev–Trinajstić information content (AvgIpc) is 2.70. The third-order valence-corrected chi connectivity index (χ3v) is 5.16. The first kappa shape index (κ1) is 16.2. The Labute approximate surface area is 138 Å². The summed E-state index contributed by atoms with van der Waals surface area (Å²) in [6, 6.07) is 3.12. The Kier molecular flexibility index (Phi) is 4.57. The van der Waals surface area contributed by atoms with Crippen molar-refractivity contribution in [3.05, 3.63) is 29.1 Å². The lowest BCUT2D eigenvalue weighted by atomic mass is 9.90. The van der Waals surface area contributed by atoms with Gasteiger partial charge in [0.1, 0.15) is 12.4 Å². The van der Waals surface area contributed by atoms with Gasteiger partial charge in [-0.05, 0) is 31.4 Å². The first-order chi connectivity index (χ1) is 11.1. The fourth-order valence-corrected chi connectivity index (χ4v) is 3.95. The largest absolute Gasteiger partial charge is 0.487 e. The SMILES string of the molecule is CCOC(=O)c1ccc2c(c1F)O[C@H]1C[C@@H](Cl)[C@H](C=O)[C@H]1CC2. The smallest absolute Gasteiger partial charge is 0.341 e. The zero-order valence-electron chi connectivity index (χ0n) is 12.8. The summed E-state index contributed by atoms with van der Waals surface area (Å²) in [4.78, 5) is 23.1. The molecule has 0 N–H and O–H groups in total. The van der Waals surface area contributed by atoms with E-state index in [0.717, 1.165) is 6.29 Å². The molecule has 1 aliphatic heterocycles. The van der Waals surface area contributed by atoms with Crippen LogP contribution in [0.2, 0.25) is 0 Å². The quantitative estimate of drug-likeness (QED) is 0.482. The zero-order chi connectivity index (χ0) is 16.6. The molecule has 0 unspecified atom stereocenters. The van der Waals surface area contributed by atoms with Crippen LogP contribution in [-0.2, 0) is 16.0 Å². The van der Waals surface area contributed by atoms with Crippen molar-refractivity contribution >= 4 is 23.9 Å². The van der Waals surface area contributed by atoms with Gasteiger partial charge in [-0.25, -0.2) is 9.18 Å².